The van der Waals surface area contributed by atoms with Gasteiger partial charge in [0, 0.05) is 24.9 Å². The topological polar surface area (TPSA) is 48.3 Å². The summed E-state index contributed by atoms with van der Waals surface area (Å²) in [6.45, 7) is 3.84. The van der Waals surface area contributed by atoms with Gasteiger partial charge in [0.2, 0.25) is 0 Å². The van der Waals surface area contributed by atoms with Crippen LogP contribution in [0.4, 0.5) is 0 Å². The third-order valence-electron chi connectivity index (χ3n) is 3.16. The number of benzene rings is 1. The Balaban J connectivity index is 2.39. The van der Waals surface area contributed by atoms with Crippen molar-refractivity contribution in [2.75, 3.05) is 20.8 Å². The second-order valence-electron chi connectivity index (χ2n) is 4.59. The van der Waals surface area contributed by atoms with Crippen molar-refractivity contribution in [3.63, 3.8) is 0 Å². The number of imidazole rings is 1. The van der Waals surface area contributed by atoms with Crippen LogP contribution < -0.4 is 14.8 Å². The molecule has 5 nitrogen and oxygen atoms in total. The lowest BCUT2D eigenvalue weighted by atomic mass is 10.2. The number of nitrogens with one attached hydrogen (secondary N) is 1. The molecule has 1 N–H and O–H groups in total. The lowest BCUT2D eigenvalue weighted by Crippen LogP contribution is -2.16. The number of methoxy groups -OCH3 is 2. The van der Waals surface area contributed by atoms with Gasteiger partial charge in [-0.25, -0.2) is 4.98 Å². The minimum absolute atomic E-state index is 0.517. The van der Waals surface area contributed by atoms with Gasteiger partial charge in [0.1, 0.15) is 11.5 Å². The van der Waals surface area contributed by atoms with Gasteiger partial charge in [0.15, 0.2) is 0 Å². The number of hydrogen-bond acceptors (Lipinski definition) is 4. The highest BCUT2D eigenvalue weighted by atomic mass is 35.5. The summed E-state index contributed by atoms with van der Waals surface area (Å²) in [5.74, 6) is 1.28. The summed E-state index contributed by atoms with van der Waals surface area (Å²) in [5, 5.41) is 3.88. The van der Waals surface area contributed by atoms with Gasteiger partial charge >= 0.3 is 0 Å². The van der Waals surface area contributed by atoms with Gasteiger partial charge in [0.25, 0.3) is 0 Å². The summed E-state index contributed by atoms with van der Waals surface area (Å²) in [5.41, 5.74) is 1.90. The van der Waals surface area contributed by atoms with E-state index < -0.39 is 0 Å². The summed E-state index contributed by atoms with van der Waals surface area (Å²) >= 11 is 6.14. The smallest absolute Gasteiger partial charge is 0.144 e. The second-order valence-corrected chi connectivity index (χ2v) is 5.00. The quantitative estimate of drug-likeness (QED) is 0.799. The molecule has 1 heterocycles. The third-order valence-corrected chi connectivity index (χ3v) is 3.46. The van der Waals surface area contributed by atoms with Crippen molar-refractivity contribution in [1.29, 1.82) is 0 Å². The zero-order valence-corrected chi connectivity index (χ0v) is 13.3. The fraction of sp³-hybridized carbons (Fsp3) is 0.400. The average molecular weight is 310 g/mol. The lowest BCUT2D eigenvalue weighted by Gasteiger charge is -2.15. The van der Waals surface area contributed by atoms with Gasteiger partial charge in [0.05, 0.1) is 37.0 Å². The maximum atomic E-state index is 6.14. The Morgan fingerprint density at radius 2 is 2.00 bits per heavy atom. The Morgan fingerprint density at radius 3 is 2.67 bits per heavy atom. The standard InChI is InChI=1S/C15H20ClN3O2/c1-4-5-17-8-11-9-18-10-19(11)13-7-14(20-2)12(16)6-15(13)21-3/h6-7,9-10,17H,4-5,8H2,1-3H3. The van der Waals surface area contributed by atoms with Crippen molar-refractivity contribution in [1.82, 2.24) is 14.9 Å². The molecule has 0 aliphatic heterocycles. The van der Waals surface area contributed by atoms with E-state index in [1.54, 1.807) is 26.6 Å². The van der Waals surface area contributed by atoms with Crippen molar-refractivity contribution in [3.8, 4) is 17.2 Å². The Morgan fingerprint density at radius 1 is 1.24 bits per heavy atom. The minimum Gasteiger partial charge on any atom is -0.495 e. The largest absolute Gasteiger partial charge is 0.495 e. The summed E-state index contributed by atoms with van der Waals surface area (Å²) in [6.07, 6.45) is 4.68. The SMILES string of the molecule is CCCNCc1cncn1-c1cc(OC)c(Cl)cc1OC. The molecule has 0 saturated carbocycles. The third kappa shape index (κ3) is 3.49. The first-order valence-corrected chi connectivity index (χ1v) is 7.22. The number of rotatable bonds is 7. The van der Waals surface area contributed by atoms with E-state index in [0.717, 1.165) is 30.9 Å². The zero-order valence-electron chi connectivity index (χ0n) is 12.5. The molecule has 2 rings (SSSR count). The fourth-order valence-corrected chi connectivity index (χ4v) is 2.33. The number of aromatic nitrogens is 2. The molecule has 1 aromatic carbocycles. The lowest BCUT2D eigenvalue weighted by molar-refractivity contribution is 0.401. The average Bonchev–Trinajstić information content (AvgIpc) is 2.95. The highest BCUT2D eigenvalue weighted by Gasteiger charge is 2.14. The molecule has 0 aliphatic rings. The van der Waals surface area contributed by atoms with E-state index in [1.165, 1.54) is 0 Å². The molecule has 0 spiro atoms. The van der Waals surface area contributed by atoms with E-state index in [4.69, 9.17) is 21.1 Å². The van der Waals surface area contributed by atoms with Crippen LogP contribution in [0.2, 0.25) is 5.02 Å². The molecular weight excluding hydrogens is 290 g/mol. The van der Waals surface area contributed by atoms with Crippen LogP contribution in [0, 0.1) is 0 Å². The summed E-state index contributed by atoms with van der Waals surface area (Å²) in [7, 11) is 3.21. The molecule has 0 aliphatic carbocycles. The van der Waals surface area contributed by atoms with Crippen molar-refractivity contribution < 1.29 is 9.47 Å². The fourth-order valence-electron chi connectivity index (χ4n) is 2.10. The molecule has 114 valence electrons. The van der Waals surface area contributed by atoms with Crippen LogP contribution in [0.25, 0.3) is 5.69 Å². The van der Waals surface area contributed by atoms with Crippen LogP contribution in [-0.2, 0) is 6.54 Å². The number of ether oxygens (including phenoxy) is 2. The first kappa shape index (κ1) is 15.7. The van der Waals surface area contributed by atoms with Crippen LogP contribution in [-0.4, -0.2) is 30.3 Å². The van der Waals surface area contributed by atoms with Crippen LogP contribution in [0.3, 0.4) is 0 Å². The van der Waals surface area contributed by atoms with Crippen molar-refractivity contribution in [2.24, 2.45) is 0 Å². The monoisotopic (exact) mass is 309 g/mol. The molecule has 0 unspecified atom stereocenters. The van der Waals surface area contributed by atoms with Crippen LogP contribution in [0.15, 0.2) is 24.7 Å². The molecule has 0 bridgehead atoms. The van der Waals surface area contributed by atoms with Crippen LogP contribution in [0.5, 0.6) is 11.5 Å². The maximum Gasteiger partial charge on any atom is 0.144 e. The van der Waals surface area contributed by atoms with E-state index in [9.17, 15) is 0 Å². The summed E-state index contributed by atoms with van der Waals surface area (Å²) in [6, 6.07) is 3.60. The molecule has 0 radical (unpaired) electrons. The molecule has 0 fully saturated rings. The Hall–Kier alpha value is -1.72. The van der Waals surface area contributed by atoms with Crippen molar-refractivity contribution in [3.05, 3.63) is 35.4 Å². The normalized spacial score (nSPS) is 10.7. The first-order valence-electron chi connectivity index (χ1n) is 6.85. The van der Waals surface area contributed by atoms with E-state index in [-0.39, 0.29) is 0 Å². The molecule has 1 aromatic heterocycles. The van der Waals surface area contributed by atoms with Gasteiger partial charge in [-0.2, -0.15) is 0 Å². The Labute approximate surface area is 129 Å². The minimum atomic E-state index is 0.517. The highest BCUT2D eigenvalue weighted by molar-refractivity contribution is 6.32. The molecule has 0 amide bonds. The zero-order chi connectivity index (χ0) is 15.2. The molecule has 0 saturated heterocycles. The predicted molar refractivity (Wildman–Crippen MR) is 83.7 cm³/mol. The van der Waals surface area contributed by atoms with Crippen LogP contribution >= 0.6 is 11.6 Å². The number of halogens is 1. The van der Waals surface area contributed by atoms with Gasteiger partial charge in [-0.05, 0) is 13.0 Å². The van der Waals surface area contributed by atoms with Gasteiger partial charge in [-0.3, -0.25) is 4.57 Å². The van der Waals surface area contributed by atoms with Gasteiger partial charge in [-0.1, -0.05) is 18.5 Å². The number of hydrogen-bond donors (Lipinski definition) is 1. The predicted octanol–water partition coefficient (Wildman–Crippen LogP) is 3.04. The van der Waals surface area contributed by atoms with E-state index in [2.05, 4.69) is 17.2 Å². The highest BCUT2D eigenvalue weighted by Crippen LogP contribution is 2.35. The van der Waals surface area contributed by atoms with Crippen molar-refractivity contribution >= 4 is 11.6 Å². The molecule has 6 heteroatoms. The summed E-state index contributed by atoms with van der Waals surface area (Å²) in [4.78, 5) is 4.22. The van der Waals surface area contributed by atoms with E-state index in [0.29, 0.717) is 16.5 Å². The Bertz CT molecular complexity index is 599. The van der Waals surface area contributed by atoms with Crippen LogP contribution in [0.1, 0.15) is 19.0 Å². The van der Waals surface area contributed by atoms with E-state index in [1.807, 2.05) is 16.8 Å². The number of nitrogens with zero attached hydrogens (tertiary/aromatic N) is 2. The molecule has 0 atom stereocenters. The van der Waals surface area contributed by atoms with Gasteiger partial charge < -0.3 is 14.8 Å². The summed E-state index contributed by atoms with van der Waals surface area (Å²) < 4.78 is 12.7. The van der Waals surface area contributed by atoms with E-state index >= 15 is 0 Å². The first-order chi connectivity index (χ1) is 10.2. The second kappa shape index (κ2) is 7.33. The molecular formula is C15H20ClN3O2. The Kier molecular flexibility index (Phi) is 5.47. The van der Waals surface area contributed by atoms with Crippen molar-refractivity contribution in [2.45, 2.75) is 19.9 Å². The molecule has 21 heavy (non-hydrogen) atoms. The molecule has 2 aromatic rings. The maximum absolute atomic E-state index is 6.14. The van der Waals surface area contributed by atoms with Gasteiger partial charge in [-0.15, -0.1) is 0 Å².